The van der Waals surface area contributed by atoms with Crippen molar-refractivity contribution in [1.82, 2.24) is 14.9 Å². The van der Waals surface area contributed by atoms with Crippen LogP contribution in [0.4, 0.5) is 10.1 Å². The first-order valence-electron chi connectivity index (χ1n) is 11.5. The Bertz CT molecular complexity index is 1520. The standard InChI is InChI=1S/C28H25FN4O4/c1-17(30-2)27(36)32-24-10-11-25(20-4-3-5-23(34)13-20)33(28(24)37)16-18-12-21(15-31-14-18)26(35)19-6-8-22(29)9-7-19/h3-15,17,30,34H,16H2,1-2H3,(H,32,36)/t17-/m0/s1. The van der Waals surface area contributed by atoms with Crippen molar-refractivity contribution < 1.29 is 19.1 Å². The van der Waals surface area contributed by atoms with Crippen LogP contribution < -0.4 is 16.2 Å². The lowest BCUT2D eigenvalue weighted by molar-refractivity contribution is -0.117. The lowest BCUT2D eigenvalue weighted by Gasteiger charge is -2.17. The van der Waals surface area contributed by atoms with E-state index in [1.165, 1.54) is 59.4 Å². The third-order valence-corrected chi connectivity index (χ3v) is 5.90. The summed E-state index contributed by atoms with van der Waals surface area (Å²) in [7, 11) is 1.64. The van der Waals surface area contributed by atoms with Crippen LogP contribution in [0.1, 0.15) is 28.4 Å². The van der Waals surface area contributed by atoms with Gasteiger partial charge in [-0.15, -0.1) is 0 Å². The van der Waals surface area contributed by atoms with Gasteiger partial charge in [0.15, 0.2) is 5.78 Å². The molecule has 0 saturated carbocycles. The molecular formula is C28H25FN4O4. The molecule has 0 bridgehead atoms. The number of hydrogen-bond donors (Lipinski definition) is 3. The summed E-state index contributed by atoms with van der Waals surface area (Å²) < 4.78 is 14.7. The van der Waals surface area contributed by atoms with E-state index in [4.69, 9.17) is 0 Å². The number of carbonyl (C=O) groups excluding carboxylic acids is 2. The monoisotopic (exact) mass is 500 g/mol. The van der Waals surface area contributed by atoms with E-state index in [-0.39, 0.29) is 35.2 Å². The summed E-state index contributed by atoms with van der Waals surface area (Å²) in [5.74, 6) is -1.12. The van der Waals surface area contributed by atoms with Crippen LogP contribution in [0.25, 0.3) is 11.3 Å². The summed E-state index contributed by atoms with van der Waals surface area (Å²) in [4.78, 5) is 43.0. The van der Waals surface area contributed by atoms with E-state index in [1.54, 1.807) is 38.2 Å². The highest BCUT2D eigenvalue weighted by Gasteiger charge is 2.17. The third kappa shape index (κ3) is 5.79. The molecule has 0 fully saturated rings. The van der Waals surface area contributed by atoms with Gasteiger partial charge in [-0.1, -0.05) is 12.1 Å². The quantitative estimate of drug-likeness (QED) is 0.319. The minimum absolute atomic E-state index is 0.0327. The maximum Gasteiger partial charge on any atom is 0.275 e. The molecule has 2 heterocycles. The van der Waals surface area contributed by atoms with Crippen molar-refractivity contribution in [2.24, 2.45) is 0 Å². The molecule has 0 aliphatic carbocycles. The van der Waals surface area contributed by atoms with E-state index in [0.717, 1.165) is 0 Å². The van der Waals surface area contributed by atoms with Gasteiger partial charge in [0.05, 0.1) is 18.3 Å². The lowest BCUT2D eigenvalue weighted by Crippen LogP contribution is -2.37. The van der Waals surface area contributed by atoms with Crippen molar-refractivity contribution in [3.05, 3.63) is 112 Å². The van der Waals surface area contributed by atoms with Gasteiger partial charge in [-0.25, -0.2) is 4.39 Å². The fourth-order valence-electron chi connectivity index (χ4n) is 3.77. The first kappa shape index (κ1) is 25.5. The number of likely N-dealkylation sites (N-methyl/N-ethyl adjacent to an activating group) is 1. The number of aromatic nitrogens is 2. The Hall–Kier alpha value is -4.63. The Kier molecular flexibility index (Phi) is 7.55. The van der Waals surface area contributed by atoms with Crippen LogP contribution in [0.2, 0.25) is 0 Å². The van der Waals surface area contributed by atoms with E-state index in [1.807, 2.05) is 0 Å². The molecule has 37 heavy (non-hydrogen) atoms. The Labute approximate surface area is 212 Å². The van der Waals surface area contributed by atoms with Crippen LogP contribution >= 0.6 is 0 Å². The second-order valence-electron chi connectivity index (χ2n) is 8.49. The largest absolute Gasteiger partial charge is 0.508 e. The summed E-state index contributed by atoms with van der Waals surface area (Å²) in [5.41, 5.74) is 1.85. The maximum atomic E-state index is 13.5. The molecule has 1 amide bonds. The van der Waals surface area contributed by atoms with Crippen LogP contribution in [-0.4, -0.2) is 39.4 Å². The van der Waals surface area contributed by atoms with Crippen molar-refractivity contribution in [1.29, 1.82) is 0 Å². The molecule has 4 rings (SSSR count). The molecule has 0 aliphatic rings. The predicted octanol–water partition coefficient (Wildman–Crippen LogP) is 3.58. The average Bonchev–Trinajstić information content (AvgIpc) is 2.90. The molecule has 0 unspecified atom stereocenters. The summed E-state index contributed by atoms with van der Waals surface area (Å²) in [6, 6.07) is 16.0. The number of aromatic hydroxyl groups is 1. The van der Waals surface area contributed by atoms with Crippen molar-refractivity contribution in [3.63, 3.8) is 0 Å². The summed E-state index contributed by atoms with van der Waals surface area (Å²) in [6.07, 6.45) is 2.94. The number of carbonyl (C=O) groups is 2. The molecule has 9 heteroatoms. The zero-order chi connectivity index (χ0) is 26.5. The predicted molar refractivity (Wildman–Crippen MR) is 138 cm³/mol. The summed E-state index contributed by atoms with van der Waals surface area (Å²) in [6.45, 7) is 1.71. The van der Waals surface area contributed by atoms with E-state index >= 15 is 0 Å². The van der Waals surface area contributed by atoms with E-state index in [9.17, 15) is 23.9 Å². The SMILES string of the molecule is CN[C@@H](C)C(=O)Nc1ccc(-c2cccc(O)c2)n(Cc2cncc(C(=O)c3ccc(F)cc3)c2)c1=O. The van der Waals surface area contributed by atoms with Crippen LogP contribution in [0.15, 0.2) is 83.9 Å². The number of hydrogen-bond acceptors (Lipinski definition) is 6. The molecule has 188 valence electrons. The van der Waals surface area contributed by atoms with Crippen LogP contribution in [0, 0.1) is 5.82 Å². The van der Waals surface area contributed by atoms with Crippen LogP contribution in [0.5, 0.6) is 5.75 Å². The normalized spacial score (nSPS) is 11.6. The van der Waals surface area contributed by atoms with E-state index in [2.05, 4.69) is 15.6 Å². The molecule has 8 nitrogen and oxygen atoms in total. The Morgan fingerprint density at radius 3 is 2.49 bits per heavy atom. The molecule has 0 radical (unpaired) electrons. The minimum atomic E-state index is -0.517. The van der Waals surface area contributed by atoms with E-state index in [0.29, 0.717) is 22.4 Å². The number of phenolic OH excluding ortho intramolecular Hbond substituents is 1. The van der Waals surface area contributed by atoms with Gasteiger partial charge in [-0.2, -0.15) is 0 Å². The molecule has 0 spiro atoms. The molecule has 3 N–H and O–H groups in total. The van der Waals surface area contributed by atoms with E-state index < -0.39 is 17.4 Å². The lowest BCUT2D eigenvalue weighted by atomic mass is 10.0. The Morgan fingerprint density at radius 2 is 1.78 bits per heavy atom. The number of benzene rings is 2. The fraction of sp³-hybridized carbons (Fsp3) is 0.143. The van der Waals surface area contributed by atoms with Gasteiger partial charge in [0, 0.05) is 29.1 Å². The highest BCUT2D eigenvalue weighted by molar-refractivity contribution is 6.08. The number of anilines is 1. The molecule has 1 atom stereocenters. The molecule has 4 aromatic rings. The van der Waals surface area contributed by atoms with Crippen molar-refractivity contribution in [2.45, 2.75) is 19.5 Å². The molecule has 2 aromatic heterocycles. The molecular weight excluding hydrogens is 475 g/mol. The molecule has 0 aliphatic heterocycles. The maximum absolute atomic E-state index is 13.5. The van der Waals surface area contributed by atoms with Gasteiger partial charge in [0.1, 0.15) is 17.3 Å². The highest BCUT2D eigenvalue weighted by atomic mass is 19.1. The number of nitrogens with zero attached hydrogens (tertiary/aromatic N) is 2. The number of phenols is 1. The summed E-state index contributed by atoms with van der Waals surface area (Å²) in [5, 5.41) is 15.5. The number of halogens is 1. The second-order valence-corrected chi connectivity index (χ2v) is 8.49. The van der Waals surface area contributed by atoms with Crippen LogP contribution in [-0.2, 0) is 11.3 Å². The van der Waals surface area contributed by atoms with Crippen molar-refractivity contribution in [3.8, 4) is 17.0 Å². The van der Waals surface area contributed by atoms with Gasteiger partial charge in [-0.3, -0.25) is 19.4 Å². The van der Waals surface area contributed by atoms with Crippen molar-refractivity contribution >= 4 is 17.4 Å². The number of rotatable bonds is 8. The number of ketones is 1. The Balaban J connectivity index is 1.75. The first-order chi connectivity index (χ1) is 17.8. The zero-order valence-corrected chi connectivity index (χ0v) is 20.2. The van der Waals surface area contributed by atoms with Gasteiger partial charge in [0.2, 0.25) is 5.91 Å². The number of amides is 1. The van der Waals surface area contributed by atoms with Gasteiger partial charge >= 0.3 is 0 Å². The van der Waals surface area contributed by atoms with Gasteiger partial charge < -0.3 is 20.3 Å². The topological polar surface area (TPSA) is 113 Å². The van der Waals surface area contributed by atoms with Crippen molar-refractivity contribution in [2.75, 3.05) is 12.4 Å². The van der Waals surface area contributed by atoms with Gasteiger partial charge in [0.25, 0.3) is 5.56 Å². The highest BCUT2D eigenvalue weighted by Crippen LogP contribution is 2.24. The molecule has 2 aromatic carbocycles. The van der Waals surface area contributed by atoms with Gasteiger partial charge in [-0.05, 0) is 74.1 Å². The van der Waals surface area contributed by atoms with Crippen LogP contribution in [0.3, 0.4) is 0 Å². The second kappa shape index (κ2) is 11.0. The first-order valence-corrected chi connectivity index (χ1v) is 11.5. The number of nitrogens with one attached hydrogen (secondary N) is 2. The number of pyridine rings is 2. The fourth-order valence-corrected chi connectivity index (χ4v) is 3.77. The summed E-state index contributed by atoms with van der Waals surface area (Å²) >= 11 is 0. The third-order valence-electron chi connectivity index (χ3n) is 5.90. The molecule has 0 saturated heterocycles. The smallest absolute Gasteiger partial charge is 0.275 e. The average molecular weight is 501 g/mol. The minimum Gasteiger partial charge on any atom is -0.508 e. The zero-order valence-electron chi connectivity index (χ0n) is 20.2. The Morgan fingerprint density at radius 1 is 1.03 bits per heavy atom.